The highest BCUT2D eigenvalue weighted by Gasteiger charge is 2.33. The van der Waals surface area contributed by atoms with Gasteiger partial charge in [-0.25, -0.2) is 0 Å². The number of carbonyl (C=O) groups is 1. The summed E-state index contributed by atoms with van der Waals surface area (Å²) in [7, 11) is 0. The van der Waals surface area contributed by atoms with E-state index < -0.39 is 5.60 Å². The second kappa shape index (κ2) is 3.54. The molecule has 0 aromatic rings. The predicted octanol–water partition coefficient (Wildman–Crippen LogP) is 0.421. The highest BCUT2D eigenvalue weighted by molar-refractivity contribution is 5.59. The zero-order valence-electron chi connectivity index (χ0n) is 7.79. The van der Waals surface area contributed by atoms with Gasteiger partial charge in [-0.1, -0.05) is 0 Å². The van der Waals surface area contributed by atoms with Gasteiger partial charge in [0.25, 0.3) is 0 Å². The van der Waals surface area contributed by atoms with Crippen LogP contribution in [0.4, 0.5) is 0 Å². The Balaban J connectivity index is 2.60. The monoisotopic (exact) mass is 171 g/mol. The summed E-state index contributed by atoms with van der Waals surface area (Å²) in [5.41, 5.74) is -0.911. The molecule has 0 aromatic carbocycles. The fourth-order valence-corrected chi connectivity index (χ4v) is 1.72. The van der Waals surface area contributed by atoms with Gasteiger partial charge in [0.2, 0.25) is 0 Å². The number of carbonyl (C=O) groups excluding carboxylic acids is 1. The molecule has 0 aliphatic carbocycles. The number of hydrogen-bond acceptors (Lipinski definition) is 3. The molecular formula is C9H17NO2. The van der Waals surface area contributed by atoms with Crippen LogP contribution in [0.15, 0.2) is 0 Å². The minimum Gasteiger partial charge on any atom is -0.388 e. The Labute approximate surface area is 73.4 Å². The Hall–Kier alpha value is -0.410. The molecule has 0 aromatic heterocycles. The predicted molar refractivity (Wildman–Crippen MR) is 47.0 cm³/mol. The van der Waals surface area contributed by atoms with Crippen molar-refractivity contribution in [1.82, 2.24) is 4.90 Å². The minimum atomic E-state index is -0.911. The van der Waals surface area contributed by atoms with Gasteiger partial charge < -0.3 is 9.90 Å². The molecule has 1 rings (SSSR count). The van der Waals surface area contributed by atoms with Gasteiger partial charge in [-0.2, -0.15) is 0 Å². The number of nitrogens with zero attached hydrogens (tertiary/aromatic N) is 1. The van der Waals surface area contributed by atoms with Crippen LogP contribution in [0, 0.1) is 0 Å². The lowest BCUT2D eigenvalue weighted by Crippen LogP contribution is -2.49. The number of aliphatic hydroxyl groups is 1. The van der Waals surface area contributed by atoms with Crippen molar-refractivity contribution >= 4 is 6.29 Å². The van der Waals surface area contributed by atoms with Crippen LogP contribution in [-0.4, -0.2) is 41.0 Å². The molecule has 3 nitrogen and oxygen atoms in total. The van der Waals surface area contributed by atoms with Gasteiger partial charge in [0, 0.05) is 0 Å². The van der Waals surface area contributed by atoms with E-state index in [1.807, 2.05) is 4.90 Å². The van der Waals surface area contributed by atoms with Crippen LogP contribution in [0.5, 0.6) is 0 Å². The van der Waals surface area contributed by atoms with Crippen molar-refractivity contribution < 1.29 is 9.90 Å². The van der Waals surface area contributed by atoms with E-state index in [0.717, 1.165) is 32.2 Å². The molecule has 1 N–H and O–H groups in total. The van der Waals surface area contributed by atoms with Crippen LogP contribution in [-0.2, 0) is 4.79 Å². The van der Waals surface area contributed by atoms with E-state index in [9.17, 15) is 9.90 Å². The second-order valence-corrected chi connectivity index (χ2v) is 3.98. The van der Waals surface area contributed by atoms with Gasteiger partial charge in [0.05, 0.1) is 11.6 Å². The molecule has 1 heterocycles. The average Bonchev–Trinajstić information content (AvgIpc) is 2.38. The summed E-state index contributed by atoms with van der Waals surface area (Å²) in [6.07, 6.45) is 3.13. The first-order valence-electron chi connectivity index (χ1n) is 4.47. The molecule has 1 unspecified atom stereocenters. The Kier molecular flexibility index (Phi) is 2.85. The van der Waals surface area contributed by atoms with E-state index in [-0.39, 0.29) is 6.04 Å². The Morgan fingerprint density at radius 1 is 1.42 bits per heavy atom. The molecule has 1 saturated heterocycles. The lowest BCUT2D eigenvalue weighted by atomic mass is 9.99. The van der Waals surface area contributed by atoms with Crippen LogP contribution >= 0.6 is 0 Å². The van der Waals surface area contributed by atoms with E-state index in [1.54, 1.807) is 13.8 Å². The van der Waals surface area contributed by atoms with E-state index in [2.05, 4.69) is 0 Å². The first-order valence-corrected chi connectivity index (χ1v) is 4.47. The third kappa shape index (κ3) is 2.05. The van der Waals surface area contributed by atoms with Gasteiger partial charge in [-0.05, 0) is 39.8 Å². The molecule has 70 valence electrons. The normalized spacial score (nSPS) is 22.6. The van der Waals surface area contributed by atoms with Crippen molar-refractivity contribution in [3.63, 3.8) is 0 Å². The molecule has 1 fully saturated rings. The highest BCUT2D eigenvalue weighted by atomic mass is 16.3. The number of rotatable bonds is 3. The van der Waals surface area contributed by atoms with Gasteiger partial charge in [-0.3, -0.25) is 4.90 Å². The van der Waals surface area contributed by atoms with E-state index in [4.69, 9.17) is 0 Å². The molecule has 1 atom stereocenters. The maximum absolute atomic E-state index is 10.7. The summed E-state index contributed by atoms with van der Waals surface area (Å²) in [6.45, 7) is 5.25. The van der Waals surface area contributed by atoms with Crippen molar-refractivity contribution in [1.29, 1.82) is 0 Å². The zero-order chi connectivity index (χ0) is 9.19. The van der Waals surface area contributed by atoms with Crippen LogP contribution < -0.4 is 0 Å². The van der Waals surface area contributed by atoms with Gasteiger partial charge in [0.15, 0.2) is 0 Å². The largest absolute Gasteiger partial charge is 0.388 e. The van der Waals surface area contributed by atoms with Crippen LogP contribution in [0.2, 0.25) is 0 Å². The first-order chi connectivity index (χ1) is 5.55. The number of likely N-dealkylation sites (tertiary alicyclic amines) is 1. The molecule has 0 saturated carbocycles. The number of hydrogen-bond donors (Lipinski definition) is 1. The number of aldehydes is 1. The summed E-state index contributed by atoms with van der Waals surface area (Å²) in [4.78, 5) is 12.8. The average molecular weight is 171 g/mol. The molecule has 0 spiro atoms. The van der Waals surface area contributed by atoms with Crippen molar-refractivity contribution in [2.24, 2.45) is 0 Å². The molecule has 12 heavy (non-hydrogen) atoms. The Morgan fingerprint density at radius 3 is 2.25 bits per heavy atom. The van der Waals surface area contributed by atoms with E-state index in [1.165, 1.54) is 0 Å². The van der Waals surface area contributed by atoms with Crippen molar-refractivity contribution in [3.05, 3.63) is 0 Å². The summed E-state index contributed by atoms with van der Waals surface area (Å²) >= 11 is 0. The fraction of sp³-hybridized carbons (Fsp3) is 0.889. The SMILES string of the molecule is CC(C)(O)C(C=O)N1CCCC1. The molecular weight excluding hydrogens is 154 g/mol. The molecule has 0 radical (unpaired) electrons. The standard InChI is InChI=1S/C9H17NO2/c1-9(2,12)8(7-11)10-5-3-4-6-10/h7-8,12H,3-6H2,1-2H3. The Morgan fingerprint density at radius 2 is 1.92 bits per heavy atom. The van der Waals surface area contributed by atoms with Gasteiger partial charge >= 0.3 is 0 Å². The van der Waals surface area contributed by atoms with Crippen LogP contribution in [0.1, 0.15) is 26.7 Å². The molecule has 1 aliphatic rings. The zero-order valence-corrected chi connectivity index (χ0v) is 7.79. The summed E-state index contributed by atoms with van der Waals surface area (Å²) in [5, 5.41) is 9.66. The third-order valence-electron chi connectivity index (χ3n) is 2.39. The summed E-state index contributed by atoms with van der Waals surface area (Å²) < 4.78 is 0. The quantitative estimate of drug-likeness (QED) is 0.626. The second-order valence-electron chi connectivity index (χ2n) is 3.98. The van der Waals surface area contributed by atoms with Gasteiger partial charge in [0.1, 0.15) is 6.29 Å². The van der Waals surface area contributed by atoms with Crippen LogP contribution in [0.3, 0.4) is 0 Å². The summed E-state index contributed by atoms with van der Waals surface area (Å²) in [6, 6.07) is -0.333. The maximum Gasteiger partial charge on any atom is 0.140 e. The van der Waals surface area contributed by atoms with Crippen molar-refractivity contribution in [2.75, 3.05) is 13.1 Å². The fourth-order valence-electron chi connectivity index (χ4n) is 1.72. The van der Waals surface area contributed by atoms with Crippen molar-refractivity contribution in [3.8, 4) is 0 Å². The summed E-state index contributed by atoms with van der Waals surface area (Å²) in [5.74, 6) is 0. The topological polar surface area (TPSA) is 40.5 Å². The lowest BCUT2D eigenvalue weighted by molar-refractivity contribution is -0.120. The maximum atomic E-state index is 10.7. The van der Waals surface area contributed by atoms with Crippen molar-refractivity contribution in [2.45, 2.75) is 38.3 Å². The van der Waals surface area contributed by atoms with E-state index in [0.29, 0.717) is 0 Å². The molecule has 3 heteroatoms. The third-order valence-corrected chi connectivity index (χ3v) is 2.39. The molecule has 1 aliphatic heterocycles. The smallest absolute Gasteiger partial charge is 0.140 e. The molecule has 0 bridgehead atoms. The lowest BCUT2D eigenvalue weighted by Gasteiger charge is -2.32. The minimum absolute atomic E-state index is 0.333. The highest BCUT2D eigenvalue weighted by Crippen LogP contribution is 2.18. The molecule has 0 amide bonds. The van der Waals surface area contributed by atoms with E-state index >= 15 is 0 Å². The Bertz CT molecular complexity index is 156. The van der Waals surface area contributed by atoms with Gasteiger partial charge in [-0.15, -0.1) is 0 Å². The van der Waals surface area contributed by atoms with Crippen LogP contribution in [0.25, 0.3) is 0 Å². The first kappa shape index (κ1) is 9.68.